The molecule has 0 aromatic heterocycles. The van der Waals surface area contributed by atoms with E-state index < -0.39 is 0 Å². The van der Waals surface area contributed by atoms with Crippen molar-refractivity contribution >= 4 is 0 Å². The summed E-state index contributed by atoms with van der Waals surface area (Å²) in [7, 11) is 1.74. The van der Waals surface area contributed by atoms with Gasteiger partial charge >= 0.3 is 0 Å². The summed E-state index contributed by atoms with van der Waals surface area (Å²) in [5.74, 6) is 0.759. The van der Waals surface area contributed by atoms with Crippen LogP contribution in [0, 0.1) is 5.92 Å². The Kier molecular flexibility index (Phi) is 2.09. The molecule has 1 fully saturated rings. The Morgan fingerprint density at radius 2 is 2.11 bits per heavy atom. The lowest BCUT2D eigenvalue weighted by Crippen LogP contribution is -2.34. The summed E-state index contributed by atoms with van der Waals surface area (Å²) in [4.78, 5) is 0. The number of methoxy groups -OCH3 is 1. The van der Waals surface area contributed by atoms with Gasteiger partial charge in [-0.25, -0.2) is 0 Å². The van der Waals surface area contributed by atoms with Crippen LogP contribution in [-0.2, 0) is 4.74 Å². The molecule has 2 atom stereocenters. The van der Waals surface area contributed by atoms with Crippen LogP contribution in [-0.4, -0.2) is 19.3 Å². The van der Waals surface area contributed by atoms with E-state index in [0.717, 1.165) is 5.92 Å². The fraction of sp³-hybridized carbons (Fsp3) is 1.00. The van der Waals surface area contributed by atoms with Gasteiger partial charge < -0.3 is 10.5 Å². The predicted octanol–water partition coefficient (Wildman–Crippen LogP) is 0.759. The van der Waals surface area contributed by atoms with Gasteiger partial charge in [0.2, 0.25) is 0 Å². The molecule has 0 spiro atoms. The SMILES string of the molecule is COC(C(C)N)C1CC1. The van der Waals surface area contributed by atoms with E-state index in [1.165, 1.54) is 12.8 Å². The number of nitrogens with two attached hydrogens (primary N) is 1. The van der Waals surface area contributed by atoms with Crippen molar-refractivity contribution in [3.8, 4) is 0 Å². The van der Waals surface area contributed by atoms with Crippen molar-refractivity contribution in [2.45, 2.75) is 31.9 Å². The van der Waals surface area contributed by atoms with Gasteiger partial charge in [-0.1, -0.05) is 0 Å². The number of hydrogen-bond donors (Lipinski definition) is 1. The zero-order valence-electron chi connectivity index (χ0n) is 6.13. The highest BCUT2D eigenvalue weighted by Gasteiger charge is 2.33. The van der Waals surface area contributed by atoms with Crippen LogP contribution in [0.3, 0.4) is 0 Å². The molecule has 2 N–H and O–H groups in total. The first-order chi connectivity index (χ1) is 4.25. The lowest BCUT2D eigenvalue weighted by molar-refractivity contribution is 0.0675. The first kappa shape index (κ1) is 7.03. The van der Waals surface area contributed by atoms with Crippen LogP contribution in [0.15, 0.2) is 0 Å². The lowest BCUT2D eigenvalue weighted by atomic mass is 10.1. The second kappa shape index (κ2) is 2.67. The van der Waals surface area contributed by atoms with E-state index in [1.54, 1.807) is 7.11 Å². The van der Waals surface area contributed by atoms with Crippen LogP contribution in [0.2, 0.25) is 0 Å². The smallest absolute Gasteiger partial charge is 0.0747 e. The zero-order chi connectivity index (χ0) is 6.85. The summed E-state index contributed by atoms with van der Waals surface area (Å²) in [6.45, 7) is 2.01. The molecule has 1 saturated carbocycles. The molecule has 0 bridgehead atoms. The molecular formula is C7H15NO. The van der Waals surface area contributed by atoms with Crippen molar-refractivity contribution in [3.05, 3.63) is 0 Å². The molecule has 2 heteroatoms. The van der Waals surface area contributed by atoms with Gasteiger partial charge in [0.25, 0.3) is 0 Å². The Bertz CT molecular complexity index is 86.9. The van der Waals surface area contributed by atoms with Gasteiger partial charge in [0.1, 0.15) is 0 Å². The number of hydrogen-bond acceptors (Lipinski definition) is 2. The quantitative estimate of drug-likeness (QED) is 0.610. The molecule has 1 rings (SSSR count). The molecule has 0 radical (unpaired) electrons. The third-order valence-electron chi connectivity index (χ3n) is 1.88. The molecule has 0 saturated heterocycles. The molecule has 0 heterocycles. The van der Waals surface area contributed by atoms with E-state index in [9.17, 15) is 0 Å². The van der Waals surface area contributed by atoms with Gasteiger partial charge in [-0.3, -0.25) is 0 Å². The molecule has 2 unspecified atom stereocenters. The van der Waals surface area contributed by atoms with Crippen LogP contribution in [0.5, 0.6) is 0 Å². The standard InChI is InChI=1S/C7H15NO/c1-5(8)7(9-2)6-3-4-6/h5-7H,3-4,8H2,1-2H3. The maximum Gasteiger partial charge on any atom is 0.0747 e. The van der Waals surface area contributed by atoms with Crippen LogP contribution < -0.4 is 5.73 Å². The van der Waals surface area contributed by atoms with Crippen molar-refractivity contribution in [1.82, 2.24) is 0 Å². The van der Waals surface area contributed by atoms with Crippen molar-refractivity contribution in [1.29, 1.82) is 0 Å². The molecule has 0 aromatic carbocycles. The summed E-state index contributed by atoms with van der Waals surface area (Å²) >= 11 is 0. The molecule has 0 amide bonds. The van der Waals surface area contributed by atoms with Crippen LogP contribution in [0.25, 0.3) is 0 Å². The minimum absolute atomic E-state index is 0.197. The van der Waals surface area contributed by atoms with E-state index >= 15 is 0 Å². The first-order valence-electron chi connectivity index (χ1n) is 3.54. The van der Waals surface area contributed by atoms with Crippen LogP contribution in [0.4, 0.5) is 0 Å². The summed E-state index contributed by atoms with van der Waals surface area (Å²) in [6, 6.07) is 0.197. The van der Waals surface area contributed by atoms with Crippen molar-refractivity contribution in [2.24, 2.45) is 11.7 Å². The zero-order valence-corrected chi connectivity index (χ0v) is 6.13. The Morgan fingerprint density at radius 1 is 1.56 bits per heavy atom. The van der Waals surface area contributed by atoms with E-state index in [4.69, 9.17) is 10.5 Å². The van der Waals surface area contributed by atoms with E-state index in [0.29, 0.717) is 6.10 Å². The molecular weight excluding hydrogens is 114 g/mol. The molecule has 0 aromatic rings. The third-order valence-corrected chi connectivity index (χ3v) is 1.88. The predicted molar refractivity (Wildman–Crippen MR) is 37.2 cm³/mol. The topological polar surface area (TPSA) is 35.2 Å². The van der Waals surface area contributed by atoms with Crippen LogP contribution in [0.1, 0.15) is 19.8 Å². The van der Waals surface area contributed by atoms with Crippen molar-refractivity contribution < 1.29 is 4.74 Å². The average molecular weight is 129 g/mol. The highest BCUT2D eigenvalue weighted by molar-refractivity contribution is 4.86. The highest BCUT2D eigenvalue weighted by atomic mass is 16.5. The van der Waals surface area contributed by atoms with Gasteiger partial charge in [-0.05, 0) is 25.7 Å². The third kappa shape index (κ3) is 1.66. The number of rotatable bonds is 3. The average Bonchev–Trinajstić information content (AvgIpc) is 2.50. The minimum Gasteiger partial charge on any atom is -0.380 e. The molecule has 2 nitrogen and oxygen atoms in total. The number of ether oxygens (including phenoxy) is 1. The van der Waals surface area contributed by atoms with Crippen LogP contribution >= 0.6 is 0 Å². The summed E-state index contributed by atoms with van der Waals surface area (Å²) in [5.41, 5.74) is 5.66. The van der Waals surface area contributed by atoms with Gasteiger partial charge in [-0.15, -0.1) is 0 Å². The van der Waals surface area contributed by atoms with E-state index in [1.807, 2.05) is 6.92 Å². The van der Waals surface area contributed by atoms with E-state index in [-0.39, 0.29) is 6.04 Å². The molecule has 0 aliphatic heterocycles. The Balaban J connectivity index is 2.28. The molecule has 9 heavy (non-hydrogen) atoms. The first-order valence-corrected chi connectivity index (χ1v) is 3.54. The second-order valence-corrected chi connectivity index (χ2v) is 2.90. The summed E-state index contributed by atoms with van der Waals surface area (Å²) in [5, 5.41) is 0. The molecule has 1 aliphatic rings. The fourth-order valence-electron chi connectivity index (χ4n) is 1.26. The van der Waals surface area contributed by atoms with Crippen molar-refractivity contribution in [2.75, 3.05) is 7.11 Å². The second-order valence-electron chi connectivity index (χ2n) is 2.90. The molecule has 54 valence electrons. The maximum absolute atomic E-state index is 5.66. The highest BCUT2D eigenvalue weighted by Crippen LogP contribution is 2.34. The lowest BCUT2D eigenvalue weighted by Gasteiger charge is -2.17. The van der Waals surface area contributed by atoms with E-state index in [2.05, 4.69) is 0 Å². The monoisotopic (exact) mass is 129 g/mol. The van der Waals surface area contributed by atoms with Crippen molar-refractivity contribution in [3.63, 3.8) is 0 Å². The summed E-state index contributed by atoms with van der Waals surface area (Å²) in [6.07, 6.45) is 2.92. The summed E-state index contributed by atoms with van der Waals surface area (Å²) < 4.78 is 5.21. The Labute approximate surface area is 56.4 Å². The maximum atomic E-state index is 5.66. The van der Waals surface area contributed by atoms with Gasteiger partial charge in [0.05, 0.1) is 6.10 Å². The Hall–Kier alpha value is -0.0800. The van der Waals surface area contributed by atoms with Gasteiger partial charge in [-0.2, -0.15) is 0 Å². The van der Waals surface area contributed by atoms with Gasteiger partial charge in [0, 0.05) is 13.2 Å². The fourth-order valence-corrected chi connectivity index (χ4v) is 1.26. The van der Waals surface area contributed by atoms with Gasteiger partial charge in [0.15, 0.2) is 0 Å². The molecule has 1 aliphatic carbocycles. The Morgan fingerprint density at radius 3 is 2.22 bits per heavy atom. The minimum atomic E-state index is 0.197. The normalized spacial score (nSPS) is 25.7. The largest absolute Gasteiger partial charge is 0.380 e.